The van der Waals surface area contributed by atoms with Gasteiger partial charge in [0.05, 0.1) is 12.6 Å². The number of amides is 2. The molecule has 7 nitrogen and oxygen atoms in total. The molecule has 0 saturated carbocycles. The van der Waals surface area contributed by atoms with Crippen molar-refractivity contribution >= 4 is 21.7 Å². The number of anilines is 1. The van der Waals surface area contributed by atoms with Crippen molar-refractivity contribution in [2.24, 2.45) is 0 Å². The fraction of sp³-hybridized carbons (Fsp3) is 0.562. The topological polar surface area (TPSA) is 79.0 Å². The number of morpholine rings is 1. The van der Waals surface area contributed by atoms with Crippen molar-refractivity contribution in [1.82, 2.24) is 9.21 Å². The fourth-order valence-corrected chi connectivity index (χ4v) is 6.45. The second-order valence-electron chi connectivity index (χ2n) is 6.82. The summed E-state index contributed by atoms with van der Waals surface area (Å²) in [6.07, 6.45) is 0.144. The summed E-state index contributed by atoms with van der Waals surface area (Å²) in [6.45, 7) is 3.07. The van der Waals surface area contributed by atoms with Crippen LogP contribution in [0.2, 0.25) is 0 Å². The number of carbonyl (C=O) groups is 1. The first kappa shape index (κ1) is 16.7. The molecule has 3 saturated heterocycles. The number of nitrogens with zero attached hydrogens (tertiary/aromatic N) is 2. The molecule has 1 N–H and O–H groups in total. The SMILES string of the molecule is CCN1C[C@@]23CN(C(=O)Nc4ccc(F)cc4)C[C@@H](C[C@@H]2S1(=O)=O)O3. The number of likely N-dealkylation sites (N-methyl/N-ethyl adjacent to an activating group) is 1. The quantitative estimate of drug-likeness (QED) is 0.851. The maximum Gasteiger partial charge on any atom is 0.322 e. The van der Waals surface area contributed by atoms with Gasteiger partial charge in [-0.15, -0.1) is 0 Å². The van der Waals surface area contributed by atoms with Gasteiger partial charge in [0, 0.05) is 25.3 Å². The Morgan fingerprint density at radius 1 is 1.36 bits per heavy atom. The highest BCUT2D eigenvalue weighted by molar-refractivity contribution is 7.90. The van der Waals surface area contributed by atoms with E-state index in [2.05, 4.69) is 5.32 Å². The van der Waals surface area contributed by atoms with Crippen LogP contribution in [0.1, 0.15) is 13.3 Å². The van der Waals surface area contributed by atoms with Gasteiger partial charge in [0.15, 0.2) is 0 Å². The largest absolute Gasteiger partial charge is 0.365 e. The van der Waals surface area contributed by atoms with E-state index < -0.39 is 20.9 Å². The predicted octanol–water partition coefficient (Wildman–Crippen LogP) is 1.23. The zero-order valence-corrected chi connectivity index (χ0v) is 14.6. The average Bonchev–Trinajstić information content (AvgIpc) is 2.95. The molecule has 3 heterocycles. The van der Waals surface area contributed by atoms with E-state index in [0.717, 1.165) is 0 Å². The molecule has 0 radical (unpaired) electrons. The number of urea groups is 1. The van der Waals surface area contributed by atoms with Crippen LogP contribution in [-0.4, -0.2) is 66.8 Å². The van der Waals surface area contributed by atoms with E-state index >= 15 is 0 Å². The van der Waals surface area contributed by atoms with Crippen molar-refractivity contribution in [3.63, 3.8) is 0 Å². The number of ether oxygens (including phenoxy) is 1. The van der Waals surface area contributed by atoms with Crippen LogP contribution in [0, 0.1) is 5.82 Å². The summed E-state index contributed by atoms with van der Waals surface area (Å²) in [4.78, 5) is 14.2. The van der Waals surface area contributed by atoms with Gasteiger partial charge in [-0.25, -0.2) is 17.6 Å². The van der Waals surface area contributed by atoms with Gasteiger partial charge in [0.25, 0.3) is 0 Å². The first-order valence-corrected chi connectivity index (χ1v) is 9.83. The van der Waals surface area contributed by atoms with E-state index in [1.54, 1.807) is 11.8 Å². The predicted molar refractivity (Wildman–Crippen MR) is 89.2 cm³/mol. The highest BCUT2D eigenvalue weighted by Gasteiger charge is 2.65. The third kappa shape index (κ3) is 2.61. The van der Waals surface area contributed by atoms with Crippen LogP contribution in [0.15, 0.2) is 24.3 Å². The second-order valence-corrected chi connectivity index (χ2v) is 8.93. The minimum Gasteiger partial charge on any atom is -0.365 e. The number of halogens is 1. The normalized spacial score (nSPS) is 33.3. The molecule has 0 aromatic heterocycles. The third-order valence-corrected chi connectivity index (χ3v) is 7.69. The third-order valence-electron chi connectivity index (χ3n) is 5.25. The van der Waals surface area contributed by atoms with Gasteiger partial charge in [-0.05, 0) is 30.7 Å². The molecule has 1 aromatic carbocycles. The van der Waals surface area contributed by atoms with Crippen molar-refractivity contribution in [2.75, 3.05) is 31.5 Å². The van der Waals surface area contributed by atoms with Crippen LogP contribution in [0.3, 0.4) is 0 Å². The number of sulfonamides is 1. The lowest BCUT2D eigenvalue weighted by Crippen LogP contribution is -2.57. The van der Waals surface area contributed by atoms with E-state index in [1.165, 1.54) is 28.6 Å². The van der Waals surface area contributed by atoms with Crippen molar-refractivity contribution < 1.29 is 22.3 Å². The van der Waals surface area contributed by atoms with Crippen LogP contribution >= 0.6 is 0 Å². The van der Waals surface area contributed by atoms with Crippen molar-refractivity contribution in [1.29, 1.82) is 0 Å². The molecule has 3 atom stereocenters. The Kier molecular flexibility index (Phi) is 3.78. The maximum atomic E-state index is 13.0. The lowest BCUT2D eigenvalue weighted by molar-refractivity contribution is -0.0940. The molecule has 25 heavy (non-hydrogen) atoms. The molecule has 136 valence electrons. The van der Waals surface area contributed by atoms with Crippen molar-refractivity contribution in [3.05, 3.63) is 30.1 Å². The molecule has 1 spiro atoms. The van der Waals surface area contributed by atoms with Gasteiger partial charge in [-0.1, -0.05) is 6.92 Å². The number of benzene rings is 1. The molecule has 3 aliphatic rings. The maximum absolute atomic E-state index is 13.0. The van der Waals surface area contributed by atoms with Crippen LogP contribution in [0.5, 0.6) is 0 Å². The van der Waals surface area contributed by atoms with E-state index in [-0.39, 0.29) is 31.0 Å². The average molecular weight is 369 g/mol. The Morgan fingerprint density at radius 3 is 2.76 bits per heavy atom. The summed E-state index contributed by atoms with van der Waals surface area (Å²) in [7, 11) is -3.38. The van der Waals surface area contributed by atoms with E-state index in [4.69, 9.17) is 4.74 Å². The minimum absolute atomic E-state index is 0.233. The number of fused-ring (bicyclic) bond motifs is 1. The number of carbonyl (C=O) groups excluding carboxylic acids is 1. The van der Waals surface area contributed by atoms with Gasteiger partial charge in [0.2, 0.25) is 10.0 Å². The molecular formula is C16H20FN3O4S. The number of rotatable bonds is 2. The summed E-state index contributed by atoms with van der Waals surface area (Å²) in [5.41, 5.74) is -0.355. The van der Waals surface area contributed by atoms with Gasteiger partial charge >= 0.3 is 6.03 Å². The minimum atomic E-state index is -3.38. The zero-order valence-electron chi connectivity index (χ0n) is 13.8. The molecule has 1 aromatic rings. The molecule has 2 amide bonds. The van der Waals surface area contributed by atoms with Gasteiger partial charge in [-0.2, -0.15) is 4.31 Å². The smallest absolute Gasteiger partial charge is 0.322 e. The standard InChI is InChI=1S/C16H20FN3O4S/c1-2-20-10-16-9-19(8-13(24-16)7-14(16)25(20,22)23)15(21)18-12-5-3-11(17)4-6-12/h3-6,13-14H,2,7-10H2,1H3,(H,18,21)/t13-,14+,16+/m1/s1. The number of nitrogens with one attached hydrogen (secondary N) is 1. The van der Waals surface area contributed by atoms with Crippen molar-refractivity contribution in [2.45, 2.75) is 30.3 Å². The van der Waals surface area contributed by atoms with Crippen LogP contribution in [-0.2, 0) is 14.8 Å². The summed E-state index contributed by atoms with van der Waals surface area (Å²) in [5, 5.41) is 2.14. The van der Waals surface area contributed by atoms with Crippen LogP contribution in [0.4, 0.5) is 14.9 Å². The first-order chi connectivity index (χ1) is 11.8. The fourth-order valence-electron chi connectivity index (χ4n) is 4.13. The summed E-state index contributed by atoms with van der Waals surface area (Å²) in [5.74, 6) is -0.375. The summed E-state index contributed by atoms with van der Waals surface area (Å²) < 4.78 is 45.7. The summed E-state index contributed by atoms with van der Waals surface area (Å²) >= 11 is 0. The Morgan fingerprint density at radius 2 is 2.08 bits per heavy atom. The van der Waals surface area contributed by atoms with Gasteiger partial charge < -0.3 is 15.0 Å². The van der Waals surface area contributed by atoms with Crippen LogP contribution < -0.4 is 5.32 Å². The molecule has 3 fully saturated rings. The molecule has 4 rings (SSSR count). The van der Waals surface area contributed by atoms with E-state index in [0.29, 0.717) is 25.2 Å². The van der Waals surface area contributed by atoms with E-state index in [9.17, 15) is 17.6 Å². The molecule has 0 unspecified atom stereocenters. The highest BCUT2D eigenvalue weighted by Crippen LogP contribution is 2.46. The Balaban J connectivity index is 1.53. The number of likely N-dealkylation sites (tertiary alicyclic amines) is 1. The highest BCUT2D eigenvalue weighted by atomic mass is 32.2. The Hall–Kier alpha value is -1.71. The molecule has 0 aliphatic carbocycles. The Bertz CT molecular complexity index is 800. The lowest BCUT2D eigenvalue weighted by Gasteiger charge is -2.39. The van der Waals surface area contributed by atoms with Gasteiger partial charge in [-0.3, -0.25) is 0 Å². The lowest BCUT2D eigenvalue weighted by atomic mass is 9.99. The Labute approximate surface area is 145 Å². The summed E-state index contributed by atoms with van der Waals surface area (Å²) in [6, 6.07) is 5.20. The second kappa shape index (κ2) is 5.65. The zero-order chi connectivity index (χ0) is 17.8. The molecule has 3 aliphatic heterocycles. The van der Waals surface area contributed by atoms with Gasteiger partial charge in [0.1, 0.15) is 16.7 Å². The van der Waals surface area contributed by atoms with E-state index in [1.807, 2.05) is 0 Å². The molecule has 9 heteroatoms. The van der Waals surface area contributed by atoms with Crippen LogP contribution in [0.25, 0.3) is 0 Å². The number of hydrogen-bond donors (Lipinski definition) is 1. The monoisotopic (exact) mass is 369 g/mol. The van der Waals surface area contributed by atoms with Crippen molar-refractivity contribution in [3.8, 4) is 0 Å². The first-order valence-electron chi connectivity index (χ1n) is 8.32. The number of hydrogen-bond acceptors (Lipinski definition) is 4. The molecule has 2 bridgehead atoms. The molecular weight excluding hydrogens is 349 g/mol.